The molecule has 3 N–H and O–H groups in total. The molecule has 11 heteroatoms. The van der Waals surface area contributed by atoms with Crippen molar-refractivity contribution in [1.82, 2.24) is 21.0 Å². The first-order valence-corrected chi connectivity index (χ1v) is 12.6. The Bertz CT molecular complexity index is 1170. The van der Waals surface area contributed by atoms with Crippen LogP contribution < -0.4 is 15.7 Å². The second-order valence-electron chi connectivity index (χ2n) is 9.75. The molecule has 8 nitrogen and oxygen atoms in total. The Morgan fingerprint density at radius 3 is 2.45 bits per heavy atom. The summed E-state index contributed by atoms with van der Waals surface area (Å²) in [5.41, 5.74) is 9.14. The molecule has 0 bridgehead atoms. The topological polar surface area (TPSA) is 89.4 Å². The molecule has 0 spiro atoms. The summed E-state index contributed by atoms with van der Waals surface area (Å²) >= 11 is 0. The molecule has 1 atom stereocenters. The summed E-state index contributed by atoms with van der Waals surface area (Å²) in [4.78, 5) is 12.8. The van der Waals surface area contributed by atoms with E-state index >= 15 is 0 Å². The number of hydrazine groups is 2. The summed E-state index contributed by atoms with van der Waals surface area (Å²) in [5.74, 6) is 0.288. The minimum atomic E-state index is -4.44. The lowest BCUT2D eigenvalue weighted by Gasteiger charge is -2.27. The number of halogens is 3. The number of guanidine groups is 1. The smallest absolute Gasteiger partial charge is 0.416 e. The van der Waals surface area contributed by atoms with E-state index in [1.807, 2.05) is 37.8 Å². The van der Waals surface area contributed by atoms with E-state index in [-0.39, 0.29) is 19.1 Å². The average Bonchev–Trinajstić information content (AvgIpc) is 3.26. The molecule has 0 saturated carbocycles. The number of hydrogen-bond acceptors (Lipinski definition) is 7. The van der Waals surface area contributed by atoms with Crippen LogP contribution in [0.5, 0.6) is 5.75 Å². The second-order valence-corrected chi connectivity index (χ2v) is 9.75. The number of rotatable bonds is 11. The standard InChI is InChI=1S/C27H36F3N5O3/c1-6-23(8-7-9-25(36)37)38-24-13-19(4)18(3)12-21(24)16-35(26-31-33-34(5)32-26)15-20-10-17(2)11-22(14-20)27(28,29)30/h10-14,23,33H,6-9,15-16H2,1-5H3,(H,31,32)(H,36,37). The van der Waals surface area contributed by atoms with Crippen molar-refractivity contribution in [3.05, 3.63) is 63.7 Å². The SMILES string of the molecule is CCC(CCCC(=O)O)Oc1cc(C)c(C)cc1CN(Cc1cc(C)cc(C(F)(F)F)c1)C1=NNN(C)N1. The molecule has 0 fully saturated rings. The highest BCUT2D eigenvalue weighted by atomic mass is 19.4. The van der Waals surface area contributed by atoms with E-state index in [1.165, 1.54) is 6.07 Å². The lowest BCUT2D eigenvalue weighted by molar-refractivity contribution is -0.138. The summed E-state index contributed by atoms with van der Waals surface area (Å²) in [7, 11) is 1.73. The number of hydrogen-bond donors (Lipinski definition) is 3. The van der Waals surface area contributed by atoms with E-state index in [0.717, 1.165) is 22.8 Å². The third-order valence-corrected chi connectivity index (χ3v) is 6.41. The summed E-state index contributed by atoms with van der Waals surface area (Å²) in [5, 5.41) is 14.8. The molecular weight excluding hydrogens is 499 g/mol. The summed E-state index contributed by atoms with van der Waals surface area (Å²) in [6.45, 7) is 8.12. The lowest BCUT2D eigenvalue weighted by Crippen LogP contribution is -2.44. The van der Waals surface area contributed by atoms with Crippen molar-refractivity contribution in [2.24, 2.45) is 5.10 Å². The van der Waals surface area contributed by atoms with Gasteiger partial charge in [-0.3, -0.25) is 10.2 Å². The predicted octanol–water partition coefficient (Wildman–Crippen LogP) is 5.27. The van der Waals surface area contributed by atoms with Crippen LogP contribution in [0.3, 0.4) is 0 Å². The first-order valence-electron chi connectivity index (χ1n) is 12.6. The third-order valence-electron chi connectivity index (χ3n) is 6.41. The average molecular weight is 536 g/mol. The predicted molar refractivity (Wildman–Crippen MR) is 139 cm³/mol. The Kier molecular flexibility index (Phi) is 9.48. The number of carboxylic acids is 1. The van der Waals surface area contributed by atoms with Crippen LogP contribution in [0.25, 0.3) is 0 Å². The van der Waals surface area contributed by atoms with Gasteiger partial charge in [0.05, 0.1) is 11.7 Å². The van der Waals surface area contributed by atoms with Gasteiger partial charge in [-0.25, -0.2) is 5.53 Å². The minimum absolute atomic E-state index is 0.0792. The molecule has 208 valence electrons. The van der Waals surface area contributed by atoms with Gasteiger partial charge in [0.25, 0.3) is 0 Å². The van der Waals surface area contributed by atoms with Gasteiger partial charge >= 0.3 is 12.1 Å². The van der Waals surface area contributed by atoms with Gasteiger partial charge in [-0.15, -0.1) is 10.2 Å². The zero-order valence-electron chi connectivity index (χ0n) is 22.4. The van der Waals surface area contributed by atoms with Crippen LogP contribution in [-0.2, 0) is 24.1 Å². The minimum Gasteiger partial charge on any atom is -0.490 e. The van der Waals surface area contributed by atoms with Crippen LogP contribution in [0.15, 0.2) is 35.4 Å². The highest BCUT2D eigenvalue weighted by molar-refractivity contribution is 5.80. The van der Waals surface area contributed by atoms with E-state index in [0.29, 0.717) is 48.6 Å². The maximum Gasteiger partial charge on any atom is 0.416 e. The zero-order valence-corrected chi connectivity index (χ0v) is 22.4. The van der Waals surface area contributed by atoms with Crippen molar-refractivity contribution in [2.75, 3.05) is 7.05 Å². The molecule has 3 rings (SSSR count). The van der Waals surface area contributed by atoms with Gasteiger partial charge in [0.2, 0.25) is 5.96 Å². The first kappa shape index (κ1) is 29.1. The summed E-state index contributed by atoms with van der Waals surface area (Å²) in [6, 6.07) is 8.03. The fourth-order valence-electron chi connectivity index (χ4n) is 4.30. The highest BCUT2D eigenvalue weighted by Gasteiger charge is 2.31. The molecule has 38 heavy (non-hydrogen) atoms. The van der Waals surface area contributed by atoms with Gasteiger partial charge in [-0.05, 0) is 74.9 Å². The van der Waals surface area contributed by atoms with Gasteiger partial charge in [0.15, 0.2) is 0 Å². The maximum absolute atomic E-state index is 13.5. The fourth-order valence-corrected chi connectivity index (χ4v) is 4.30. The van der Waals surface area contributed by atoms with Crippen molar-refractivity contribution in [3.8, 4) is 5.75 Å². The molecule has 0 aromatic heterocycles. The Morgan fingerprint density at radius 2 is 1.84 bits per heavy atom. The number of nitrogens with one attached hydrogen (secondary N) is 2. The van der Waals surface area contributed by atoms with Gasteiger partial charge in [-0.1, -0.05) is 24.6 Å². The number of ether oxygens (including phenoxy) is 1. The number of alkyl halides is 3. The van der Waals surface area contributed by atoms with Crippen LogP contribution in [0.2, 0.25) is 0 Å². The van der Waals surface area contributed by atoms with Gasteiger partial charge in [0, 0.05) is 32.1 Å². The summed E-state index contributed by atoms with van der Waals surface area (Å²) < 4.78 is 46.9. The molecule has 2 aromatic rings. The Labute approximate surface area is 221 Å². The van der Waals surface area contributed by atoms with Crippen molar-refractivity contribution in [2.45, 2.75) is 78.7 Å². The number of carbonyl (C=O) groups is 1. The molecule has 1 unspecified atom stereocenters. The maximum atomic E-state index is 13.5. The molecule has 0 aliphatic carbocycles. The Balaban J connectivity index is 1.92. The van der Waals surface area contributed by atoms with Crippen LogP contribution in [0.4, 0.5) is 13.2 Å². The van der Waals surface area contributed by atoms with Crippen LogP contribution >= 0.6 is 0 Å². The molecule has 0 saturated heterocycles. The van der Waals surface area contributed by atoms with Gasteiger partial charge < -0.3 is 14.7 Å². The quantitative estimate of drug-likeness (QED) is 0.361. The van der Waals surface area contributed by atoms with Crippen LogP contribution in [-0.4, -0.2) is 40.2 Å². The normalized spacial score (nSPS) is 14.5. The Hall–Kier alpha value is -3.47. The van der Waals surface area contributed by atoms with Crippen LogP contribution in [0, 0.1) is 20.8 Å². The number of carboxylic acid groups (broad SMARTS) is 1. The number of benzene rings is 2. The molecule has 1 heterocycles. The van der Waals surface area contributed by atoms with E-state index in [4.69, 9.17) is 9.84 Å². The molecule has 1 aliphatic rings. The van der Waals surface area contributed by atoms with Gasteiger partial charge in [-0.2, -0.15) is 13.2 Å². The fraction of sp³-hybridized carbons (Fsp3) is 0.481. The number of hydrazone groups is 1. The third kappa shape index (κ3) is 8.01. The zero-order chi connectivity index (χ0) is 28.0. The highest BCUT2D eigenvalue weighted by Crippen LogP contribution is 2.32. The molecule has 0 radical (unpaired) electrons. The molecular formula is C27H36F3N5O3. The number of aryl methyl sites for hydroxylation is 3. The van der Waals surface area contributed by atoms with E-state index in [9.17, 15) is 18.0 Å². The van der Waals surface area contributed by atoms with E-state index in [1.54, 1.807) is 25.2 Å². The molecule has 0 amide bonds. The van der Waals surface area contributed by atoms with Crippen molar-refractivity contribution >= 4 is 11.9 Å². The second kappa shape index (κ2) is 12.4. The lowest BCUT2D eigenvalue weighted by atomic mass is 10.0. The van der Waals surface area contributed by atoms with Crippen molar-refractivity contribution < 1.29 is 27.8 Å². The van der Waals surface area contributed by atoms with Crippen molar-refractivity contribution in [1.29, 1.82) is 0 Å². The van der Waals surface area contributed by atoms with Crippen LogP contribution in [0.1, 0.15) is 66.0 Å². The van der Waals surface area contributed by atoms with E-state index < -0.39 is 17.7 Å². The van der Waals surface area contributed by atoms with Gasteiger partial charge in [0.1, 0.15) is 5.75 Å². The van der Waals surface area contributed by atoms with Crippen molar-refractivity contribution in [3.63, 3.8) is 0 Å². The first-order chi connectivity index (χ1) is 17.8. The Morgan fingerprint density at radius 1 is 1.13 bits per heavy atom. The number of aliphatic carboxylic acids is 1. The molecule has 2 aromatic carbocycles. The number of nitrogens with zero attached hydrogens (tertiary/aromatic N) is 3. The summed E-state index contributed by atoms with van der Waals surface area (Å²) in [6.07, 6.45) is -2.71. The monoisotopic (exact) mass is 535 g/mol. The molecule has 1 aliphatic heterocycles. The van der Waals surface area contributed by atoms with E-state index in [2.05, 4.69) is 16.1 Å². The largest absolute Gasteiger partial charge is 0.490 e.